The van der Waals surface area contributed by atoms with E-state index in [0.717, 1.165) is 32.2 Å². The van der Waals surface area contributed by atoms with Crippen LogP contribution in [0, 0.1) is 0 Å². The molecule has 0 saturated carbocycles. The summed E-state index contributed by atoms with van der Waals surface area (Å²) in [7, 11) is 2.12. The van der Waals surface area contributed by atoms with Gasteiger partial charge >= 0.3 is 5.97 Å². The van der Waals surface area contributed by atoms with Crippen molar-refractivity contribution < 1.29 is 9.53 Å². The van der Waals surface area contributed by atoms with E-state index < -0.39 is 0 Å². The van der Waals surface area contributed by atoms with Crippen molar-refractivity contribution in [2.75, 3.05) is 25.1 Å². The highest BCUT2D eigenvalue weighted by Crippen LogP contribution is 2.12. The van der Waals surface area contributed by atoms with Gasteiger partial charge in [0.2, 0.25) is 0 Å². The molecule has 0 unspecified atom stereocenters. The van der Waals surface area contributed by atoms with Crippen molar-refractivity contribution >= 4 is 11.7 Å². The first-order valence-electron chi connectivity index (χ1n) is 7.20. The van der Waals surface area contributed by atoms with Gasteiger partial charge in [0.25, 0.3) is 0 Å². The number of benzene rings is 1. The number of anilines is 1. The van der Waals surface area contributed by atoms with Crippen molar-refractivity contribution in [3.8, 4) is 0 Å². The molecule has 110 valence electrons. The Kier molecular flexibility index (Phi) is 7.48. The fraction of sp³-hybridized carbons (Fsp3) is 0.471. The zero-order chi connectivity index (χ0) is 14.8. The molecule has 0 atom stereocenters. The number of hydrogen-bond acceptors (Lipinski definition) is 3. The van der Waals surface area contributed by atoms with E-state index in [9.17, 15) is 4.79 Å². The molecule has 0 aliphatic heterocycles. The first kappa shape index (κ1) is 16.3. The lowest BCUT2D eigenvalue weighted by Crippen LogP contribution is -2.18. The van der Waals surface area contributed by atoms with Gasteiger partial charge in [0.1, 0.15) is 0 Å². The van der Waals surface area contributed by atoms with Gasteiger partial charge in [-0.1, -0.05) is 31.2 Å². The lowest BCUT2D eigenvalue weighted by atomic mass is 10.2. The fourth-order valence-corrected chi connectivity index (χ4v) is 1.90. The van der Waals surface area contributed by atoms with Gasteiger partial charge in [-0.15, -0.1) is 0 Å². The summed E-state index contributed by atoms with van der Waals surface area (Å²) in [4.78, 5) is 13.4. The van der Waals surface area contributed by atoms with Gasteiger partial charge in [0, 0.05) is 24.9 Å². The van der Waals surface area contributed by atoms with Crippen LogP contribution in [0.15, 0.2) is 42.5 Å². The molecule has 0 aromatic heterocycles. The summed E-state index contributed by atoms with van der Waals surface area (Å²) in [6.45, 7) is 6.77. The SMILES string of the molecule is C=C(C)C(=O)OCCCCCCN(C)c1ccccc1. The highest BCUT2D eigenvalue weighted by Gasteiger charge is 2.02. The second-order valence-corrected chi connectivity index (χ2v) is 5.09. The number of carbonyl (C=O) groups is 1. The van der Waals surface area contributed by atoms with Crippen LogP contribution in [0.3, 0.4) is 0 Å². The van der Waals surface area contributed by atoms with E-state index in [-0.39, 0.29) is 5.97 Å². The number of para-hydroxylation sites is 1. The Bertz CT molecular complexity index is 414. The van der Waals surface area contributed by atoms with Gasteiger partial charge in [-0.25, -0.2) is 4.79 Å². The van der Waals surface area contributed by atoms with E-state index in [1.807, 2.05) is 6.07 Å². The molecule has 0 radical (unpaired) electrons. The molecule has 0 spiro atoms. The Morgan fingerprint density at radius 3 is 2.45 bits per heavy atom. The van der Waals surface area contributed by atoms with Gasteiger partial charge in [0.15, 0.2) is 0 Å². The molecule has 0 bridgehead atoms. The van der Waals surface area contributed by atoms with Crippen molar-refractivity contribution in [1.29, 1.82) is 0 Å². The van der Waals surface area contributed by atoms with Gasteiger partial charge in [0.05, 0.1) is 6.61 Å². The zero-order valence-electron chi connectivity index (χ0n) is 12.6. The third-order valence-corrected chi connectivity index (χ3v) is 3.17. The monoisotopic (exact) mass is 275 g/mol. The lowest BCUT2D eigenvalue weighted by molar-refractivity contribution is -0.139. The fourth-order valence-electron chi connectivity index (χ4n) is 1.90. The van der Waals surface area contributed by atoms with E-state index in [1.54, 1.807) is 6.92 Å². The second kappa shape index (κ2) is 9.18. The maximum atomic E-state index is 11.1. The van der Waals surface area contributed by atoms with E-state index in [0.29, 0.717) is 12.2 Å². The minimum Gasteiger partial charge on any atom is -0.462 e. The number of hydrogen-bond donors (Lipinski definition) is 0. The summed E-state index contributed by atoms with van der Waals surface area (Å²) in [5, 5.41) is 0. The van der Waals surface area contributed by atoms with Crippen molar-refractivity contribution in [3.05, 3.63) is 42.5 Å². The van der Waals surface area contributed by atoms with Gasteiger partial charge in [-0.05, 0) is 38.3 Å². The Hall–Kier alpha value is -1.77. The number of rotatable bonds is 9. The average Bonchev–Trinajstić information content (AvgIpc) is 2.46. The molecule has 3 nitrogen and oxygen atoms in total. The molecular formula is C17H25NO2. The van der Waals surface area contributed by atoms with Crippen LogP contribution in [0.5, 0.6) is 0 Å². The van der Waals surface area contributed by atoms with Gasteiger partial charge in [-0.3, -0.25) is 0 Å². The summed E-state index contributed by atoms with van der Waals surface area (Å²) in [5.41, 5.74) is 1.72. The first-order chi connectivity index (χ1) is 9.61. The van der Waals surface area contributed by atoms with Crippen LogP contribution in [-0.2, 0) is 9.53 Å². The molecule has 0 aliphatic rings. The maximum absolute atomic E-state index is 11.1. The summed E-state index contributed by atoms with van der Waals surface area (Å²) < 4.78 is 5.05. The lowest BCUT2D eigenvalue weighted by Gasteiger charge is -2.18. The number of nitrogens with zero attached hydrogens (tertiary/aromatic N) is 1. The van der Waals surface area contributed by atoms with E-state index in [2.05, 4.69) is 42.8 Å². The van der Waals surface area contributed by atoms with Crippen molar-refractivity contribution in [3.63, 3.8) is 0 Å². The summed E-state index contributed by atoms with van der Waals surface area (Å²) in [5.74, 6) is -0.284. The Balaban J connectivity index is 2.02. The van der Waals surface area contributed by atoms with Crippen LogP contribution < -0.4 is 4.90 Å². The zero-order valence-corrected chi connectivity index (χ0v) is 12.6. The largest absolute Gasteiger partial charge is 0.462 e. The van der Waals surface area contributed by atoms with Gasteiger partial charge < -0.3 is 9.64 Å². The Morgan fingerprint density at radius 1 is 1.15 bits per heavy atom. The number of unbranched alkanes of at least 4 members (excludes halogenated alkanes) is 3. The minimum atomic E-state index is -0.284. The maximum Gasteiger partial charge on any atom is 0.333 e. The topological polar surface area (TPSA) is 29.5 Å². The molecule has 0 aliphatic carbocycles. The normalized spacial score (nSPS) is 10.1. The van der Waals surface area contributed by atoms with Crippen LogP contribution in [-0.4, -0.2) is 26.2 Å². The standard InChI is InChI=1S/C17H25NO2/c1-15(2)17(19)20-14-10-5-4-9-13-18(3)16-11-7-6-8-12-16/h6-8,11-12H,1,4-5,9-10,13-14H2,2-3H3. The Labute approximate surface area is 122 Å². The predicted octanol–water partition coefficient (Wildman–Crippen LogP) is 3.80. The Morgan fingerprint density at radius 2 is 1.80 bits per heavy atom. The molecule has 0 N–H and O–H groups in total. The number of esters is 1. The number of ether oxygens (including phenoxy) is 1. The molecular weight excluding hydrogens is 250 g/mol. The summed E-state index contributed by atoms with van der Waals surface area (Å²) >= 11 is 0. The molecule has 3 heteroatoms. The van der Waals surface area contributed by atoms with Crippen molar-refractivity contribution in [2.45, 2.75) is 32.6 Å². The second-order valence-electron chi connectivity index (χ2n) is 5.09. The molecule has 0 amide bonds. The molecule has 20 heavy (non-hydrogen) atoms. The molecule has 1 aromatic carbocycles. The predicted molar refractivity (Wildman–Crippen MR) is 84.0 cm³/mol. The van der Waals surface area contributed by atoms with Gasteiger partial charge in [-0.2, -0.15) is 0 Å². The molecule has 0 saturated heterocycles. The third kappa shape index (κ3) is 6.41. The molecule has 0 heterocycles. The van der Waals surface area contributed by atoms with Crippen LogP contribution in [0.4, 0.5) is 5.69 Å². The summed E-state index contributed by atoms with van der Waals surface area (Å²) in [6, 6.07) is 10.4. The third-order valence-electron chi connectivity index (χ3n) is 3.17. The molecule has 1 aromatic rings. The highest BCUT2D eigenvalue weighted by atomic mass is 16.5. The van der Waals surface area contributed by atoms with Crippen LogP contribution in [0.2, 0.25) is 0 Å². The van der Waals surface area contributed by atoms with E-state index in [1.165, 1.54) is 5.69 Å². The van der Waals surface area contributed by atoms with E-state index in [4.69, 9.17) is 4.74 Å². The van der Waals surface area contributed by atoms with Crippen LogP contribution in [0.1, 0.15) is 32.6 Å². The average molecular weight is 275 g/mol. The molecule has 0 fully saturated rings. The quantitative estimate of drug-likeness (QED) is 0.390. The van der Waals surface area contributed by atoms with Crippen molar-refractivity contribution in [2.24, 2.45) is 0 Å². The van der Waals surface area contributed by atoms with Crippen molar-refractivity contribution in [1.82, 2.24) is 0 Å². The van der Waals surface area contributed by atoms with E-state index >= 15 is 0 Å². The highest BCUT2D eigenvalue weighted by molar-refractivity contribution is 5.86. The smallest absolute Gasteiger partial charge is 0.333 e. The number of carbonyl (C=O) groups excluding carboxylic acids is 1. The van der Waals surface area contributed by atoms with Crippen LogP contribution in [0.25, 0.3) is 0 Å². The molecule has 1 rings (SSSR count). The van der Waals surface area contributed by atoms with Crippen LogP contribution >= 0.6 is 0 Å². The summed E-state index contributed by atoms with van der Waals surface area (Å²) in [6.07, 6.45) is 4.32. The minimum absolute atomic E-state index is 0.284. The first-order valence-corrected chi connectivity index (χ1v) is 7.20.